The van der Waals surface area contributed by atoms with Crippen LogP contribution in [-0.2, 0) is 9.59 Å². The van der Waals surface area contributed by atoms with Crippen LogP contribution in [0.15, 0.2) is 24.3 Å². The van der Waals surface area contributed by atoms with Crippen LogP contribution in [0, 0.1) is 0 Å². The molecule has 0 aliphatic heterocycles. The molecule has 0 spiro atoms. The zero-order valence-corrected chi connectivity index (χ0v) is 10.3. The fraction of sp³-hybridized carbons (Fsp3) is 0.273. The van der Waals surface area contributed by atoms with Crippen molar-refractivity contribution in [2.24, 2.45) is 0 Å². The maximum atomic E-state index is 11.8. The summed E-state index contributed by atoms with van der Waals surface area (Å²) in [4.78, 5) is 21.6. The van der Waals surface area contributed by atoms with Crippen LogP contribution in [0.4, 0.5) is 13.2 Å². The molecule has 0 fully saturated rings. The molecule has 0 atom stereocenters. The smallest absolute Gasteiger partial charge is 0.472 e. The van der Waals surface area contributed by atoms with Crippen LogP contribution in [0.25, 0.3) is 0 Å². The summed E-state index contributed by atoms with van der Waals surface area (Å²) in [7, 11) is 1.44. The van der Waals surface area contributed by atoms with Gasteiger partial charge in [0.1, 0.15) is 11.5 Å². The van der Waals surface area contributed by atoms with E-state index in [1.54, 1.807) is 17.6 Å². The molecule has 20 heavy (non-hydrogen) atoms. The third kappa shape index (κ3) is 5.04. The third-order valence-electron chi connectivity index (χ3n) is 1.98. The van der Waals surface area contributed by atoms with E-state index in [1.807, 2.05) is 0 Å². The molecule has 2 amide bonds. The van der Waals surface area contributed by atoms with Crippen molar-refractivity contribution in [2.75, 3.05) is 13.7 Å². The fourth-order valence-electron chi connectivity index (χ4n) is 1.07. The second-order valence-electron chi connectivity index (χ2n) is 3.47. The van der Waals surface area contributed by atoms with Crippen LogP contribution in [0.3, 0.4) is 0 Å². The number of hydrogen-bond donors (Lipinski definition) is 2. The van der Waals surface area contributed by atoms with Crippen LogP contribution in [0.1, 0.15) is 0 Å². The predicted molar refractivity (Wildman–Crippen MR) is 60.8 cm³/mol. The highest BCUT2D eigenvalue weighted by molar-refractivity contribution is 5.85. The first-order valence-electron chi connectivity index (χ1n) is 5.26. The first kappa shape index (κ1) is 15.6. The molecule has 0 aliphatic rings. The number of hydrazine groups is 1. The van der Waals surface area contributed by atoms with Crippen LogP contribution < -0.4 is 20.3 Å². The summed E-state index contributed by atoms with van der Waals surface area (Å²) in [5.74, 6) is -2.42. The van der Waals surface area contributed by atoms with Crippen molar-refractivity contribution in [1.29, 1.82) is 0 Å². The monoisotopic (exact) mass is 292 g/mol. The molecule has 0 heterocycles. The maximum absolute atomic E-state index is 11.8. The Bertz CT molecular complexity index is 491. The van der Waals surface area contributed by atoms with E-state index < -0.39 is 24.6 Å². The van der Waals surface area contributed by atoms with E-state index in [2.05, 4.69) is 0 Å². The van der Waals surface area contributed by atoms with Crippen molar-refractivity contribution in [2.45, 2.75) is 6.18 Å². The second kappa shape index (κ2) is 6.64. The Morgan fingerprint density at radius 1 is 1.20 bits per heavy atom. The maximum Gasteiger partial charge on any atom is 0.472 e. The van der Waals surface area contributed by atoms with E-state index >= 15 is 0 Å². The molecule has 1 aromatic rings. The normalized spacial score (nSPS) is 10.6. The highest BCUT2D eigenvalue weighted by atomic mass is 19.4. The van der Waals surface area contributed by atoms with Gasteiger partial charge >= 0.3 is 12.1 Å². The summed E-state index contributed by atoms with van der Waals surface area (Å²) >= 11 is 0. The lowest BCUT2D eigenvalue weighted by molar-refractivity contribution is -0.175. The van der Waals surface area contributed by atoms with E-state index in [9.17, 15) is 22.8 Å². The van der Waals surface area contributed by atoms with Crippen molar-refractivity contribution >= 4 is 11.8 Å². The zero-order valence-electron chi connectivity index (χ0n) is 10.3. The highest BCUT2D eigenvalue weighted by Crippen LogP contribution is 2.18. The van der Waals surface area contributed by atoms with Crippen molar-refractivity contribution in [1.82, 2.24) is 10.9 Å². The van der Waals surface area contributed by atoms with Gasteiger partial charge in [0.05, 0.1) is 7.11 Å². The number of methoxy groups -OCH3 is 1. The van der Waals surface area contributed by atoms with E-state index in [0.29, 0.717) is 11.5 Å². The number of halogens is 3. The molecule has 1 aromatic carbocycles. The second-order valence-corrected chi connectivity index (χ2v) is 3.47. The summed E-state index contributed by atoms with van der Waals surface area (Å²) < 4.78 is 45.4. The summed E-state index contributed by atoms with van der Waals surface area (Å²) in [6, 6.07) is 6.28. The Labute approximate surface area is 111 Å². The SMILES string of the molecule is COc1cccc(OCC(=O)NNC(=O)C(F)(F)F)c1. The largest absolute Gasteiger partial charge is 0.497 e. The summed E-state index contributed by atoms with van der Waals surface area (Å²) in [6.07, 6.45) is -5.07. The lowest BCUT2D eigenvalue weighted by atomic mass is 10.3. The van der Waals surface area contributed by atoms with Gasteiger partial charge in [0.15, 0.2) is 6.61 Å². The van der Waals surface area contributed by atoms with Gasteiger partial charge in [-0.25, -0.2) is 0 Å². The predicted octanol–water partition coefficient (Wildman–Crippen LogP) is 0.784. The topological polar surface area (TPSA) is 76.7 Å². The van der Waals surface area contributed by atoms with Crippen molar-refractivity contribution in [3.05, 3.63) is 24.3 Å². The van der Waals surface area contributed by atoms with Gasteiger partial charge < -0.3 is 9.47 Å². The van der Waals surface area contributed by atoms with Gasteiger partial charge in [0, 0.05) is 6.07 Å². The van der Waals surface area contributed by atoms with E-state index in [0.717, 1.165) is 0 Å². The molecule has 0 aromatic heterocycles. The minimum Gasteiger partial charge on any atom is -0.497 e. The molecule has 0 saturated heterocycles. The number of carbonyl (C=O) groups excluding carboxylic acids is 2. The fourth-order valence-corrected chi connectivity index (χ4v) is 1.07. The number of alkyl halides is 3. The van der Waals surface area contributed by atoms with Crippen LogP contribution in [-0.4, -0.2) is 31.7 Å². The van der Waals surface area contributed by atoms with Crippen molar-refractivity contribution in [3.63, 3.8) is 0 Å². The van der Waals surface area contributed by atoms with Gasteiger partial charge in [0.2, 0.25) is 0 Å². The van der Waals surface area contributed by atoms with Crippen LogP contribution in [0.2, 0.25) is 0 Å². The molecular weight excluding hydrogens is 281 g/mol. The molecule has 0 bridgehead atoms. The lowest BCUT2D eigenvalue weighted by Crippen LogP contribution is -2.49. The molecule has 1 rings (SSSR count). The Balaban J connectivity index is 2.38. The number of benzene rings is 1. The Morgan fingerprint density at radius 3 is 2.45 bits per heavy atom. The number of nitrogens with one attached hydrogen (secondary N) is 2. The minimum absolute atomic E-state index is 0.293. The van der Waals surface area contributed by atoms with Crippen molar-refractivity contribution in [3.8, 4) is 11.5 Å². The molecule has 0 unspecified atom stereocenters. The van der Waals surface area contributed by atoms with Crippen LogP contribution >= 0.6 is 0 Å². The number of carbonyl (C=O) groups is 2. The van der Waals surface area contributed by atoms with Gasteiger partial charge in [-0.1, -0.05) is 6.07 Å². The summed E-state index contributed by atoms with van der Waals surface area (Å²) in [5.41, 5.74) is 2.79. The number of hydrogen-bond acceptors (Lipinski definition) is 4. The zero-order chi connectivity index (χ0) is 15.2. The average Bonchev–Trinajstić information content (AvgIpc) is 2.41. The molecule has 110 valence electrons. The molecule has 0 radical (unpaired) electrons. The standard InChI is InChI=1S/C11H11F3N2O4/c1-19-7-3-2-4-8(5-7)20-6-9(17)15-16-10(18)11(12,13)14/h2-5H,6H2,1H3,(H,15,17)(H,16,18). The van der Waals surface area contributed by atoms with Crippen LogP contribution in [0.5, 0.6) is 11.5 Å². The van der Waals surface area contributed by atoms with Crippen molar-refractivity contribution < 1.29 is 32.2 Å². The molecule has 6 nitrogen and oxygen atoms in total. The Morgan fingerprint density at radius 2 is 1.85 bits per heavy atom. The molecule has 0 aliphatic carbocycles. The van der Waals surface area contributed by atoms with E-state index in [1.165, 1.54) is 24.7 Å². The van der Waals surface area contributed by atoms with E-state index in [4.69, 9.17) is 9.47 Å². The number of ether oxygens (including phenoxy) is 2. The summed E-state index contributed by atoms with van der Waals surface area (Å²) in [6.45, 7) is -0.564. The molecule has 0 saturated carbocycles. The number of rotatable bonds is 4. The van der Waals surface area contributed by atoms with Gasteiger partial charge in [-0.3, -0.25) is 20.4 Å². The van der Waals surface area contributed by atoms with Gasteiger partial charge in [0.25, 0.3) is 5.91 Å². The molecule has 2 N–H and O–H groups in total. The first-order valence-corrected chi connectivity index (χ1v) is 5.26. The highest BCUT2D eigenvalue weighted by Gasteiger charge is 2.38. The Kier molecular flexibility index (Phi) is 5.18. The number of amides is 2. The first-order chi connectivity index (χ1) is 9.32. The lowest BCUT2D eigenvalue weighted by Gasteiger charge is -2.10. The minimum atomic E-state index is -5.07. The quantitative estimate of drug-likeness (QED) is 0.804. The van der Waals surface area contributed by atoms with E-state index in [-0.39, 0.29) is 0 Å². The summed E-state index contributed by atoms with van der Waals surface area (Å²) in [5, 5.41) is 0. The molecule has 9 heteroatoms. The third-order valence-corrected chi connectivity index (χ3v) is 1.98. The molecular formula is C11H11F3N2O4. The van der Waals surface area contributed by atoms with Gasteiger partial charge in [-0.2, -0.15) is 13.2 Å². The van der Waals surface area contributed by atoms with Gasteiger partial charge in [-0.05, 0) is 12.1 Å². The average molecular weight is 292 g/mol. The Hall–Kier alpha value is -2.45. The van der Waals surface area contributed by atoms with Gasteiger partial charge in [-0.15, -0.1) is 0 Å².